The summed E-state index contributed by atoms with van der Waals surface area (Å²) < 4.78 is 47.5. The van der Waals surface area contributed by atoms with Gasteiger partial charge in [-0.05, 0) is 36.4 Å². The molecule has 0 saturated carbocycles. The highest BCUT2D eigenvalue weighted by molar-refractivity contribution is 6.00. The predicted molar refractivity (Wildman–Crippen MR) is 123 cm³/mol. The number of hydrogen-bond donors (Lipinski definition) is 0. The monoisotopic (exact) mass is 468 g/mol. The SMILES string of the molecule is C=CCOc1cccc2c1cc(C(=O)N1CCC3(CC1)OCCO3)n2Cc1cc(F)ccc1F. The fourth-order valence-corrected chi connectivity index (χ4v) is 4.71. The molecular formula is C26H26F2N2O4. The molecule has 1 amide bonds. The van der Waals surface area contributed by atoms with Crippen molar-refractivity contribution in [2.75, 3.05) is 32.9 Å². The number of piperidine rings is 1. The van der Waals surface area contributed by atoms with Gasteiger partial charge in [0.2, 0.25) is 0 Å². The van der Waals surface area contributed by atoms with Crippen molar-refractivity contribution in [2.24, 2.45) is 0 Å². The normalized spacial score (nSPS) is 17.4. The van der Waals surface area contributed by atoms with E-state index >= 15 is 0 Å². The number of halogens is 2. The molecule has 1 aromatic heterocycles. The first-order valence-corrected chi connectivity index (χ1v) is 11.4. The standard InChI is InChI=1S/C26H26F2N2O4/c1-2-12-32-24-5-3-4-22-20(24)16-23(30(22)17-18-15-19(27)6-7-21(18)28)25(31)29-10-8-26(9-11-29)33-13-14-34-26/h2-7,15-16H,1,8-14,17H2. The summed E-state index contributed by atoms with van der Waals surface area (Å²) in [5, 5.41) is 0.723. The molecule has 5 rings (SSSR count). The molecule has 8 heteroatoms. The van der Waals surface area contributed by atoms with Crippen LogP contribution in [0.25, 0.3) is 10.9 Å². The van der Waals surface area contributed by atoms with E-state index in [2.05, 4.69) is 6.58 Å². The van der Waals surface area contributed by atoms with Crippen molar-refractivity contribution >= 4 is 16.8 Å². The van der Waals surface area contributed by atoms with Crippen molar-refractivity contribution in [3.05, 3.63) is 78.0 Å². The first kappa shape index (κ1) is 22.6. The van der Waals surface area contributed by atoms with Crippen LogP contribution in [0.5, 0.6) is 5.75 Å². The van der Waals surface area contributed by atoms with E-state index in [-0.39, 0.29) is 18.0 Å². The molecule has 178 valence electrons. The largest absolute Gasteiger partial charge is 0.489 e. The van der Waals surface area contributed by atoms with Crippen LogP contribution in [0.15, 0.2) is 55.1 Å². The average Bonchev–Trinajstić information content (AvgIpc) is 3.45. The van der Waals surface area contributed by atoms with Crippen LogP contribution < -0.4 is 4.74 Å². The van der Waals surface area contributed by atoms with Crippen LogP contribution in [0, 0.1) is 11.6 Å². The number of ether oxygens (including phenoxy) is 3. The minimum Gasteiger partial charge on any atom is -0.489 e. The minimum atomic E-state index is -0.597. The van der Waals surface area contributed by atoms with Gasteiger partial charge in [0.1, 0.15) is 29.7 Å². The quantitative estimate of drug-likeness (QED) is 0.500. The van der Waals surface area contributed by atoms with E-state index in [4.69, 9.17) is 14.2 Å². The number of aromatic nitrogens is 1. The maximum absolute atomic E-state index is 14.5. The van der Waals surface area contributed by atoms with E-state index in [1.165, 1.54) is 0 Å². The fraction of sp³-hybridized carbons (Fsp3) is 0.346. The van der Waals surface area contributed by atoms with E-state index in [1.807, 2.05) is 18.2 Å². The van der Waals surface area contributed by atoms with Gasteiger partial charge in [0.05, 0.1) is 25.3 Å². The summed E-state index contributed by atoms with van der Waals surface area (Å²) in [5.74, 6) is -1.25. The van der Waals surface area contributed by atoms with Crippen LogP contribution in [0.3, 0.4) is 0 Å². The lowest BCUT2D eigenvalue weighted by Crippen LogP contribution is -2.47. The van der Waals surface area contributed by atoms with Gasteiger partial charge in [-0.1, -0.05) is 18.7 Å². The molecule has 2 saturated heterocycles. The Balaban J connectivity index is 1.52. The summed E-state index contributed by atoms with van der Waals surface area (Å²) in [6, 6.07) is 10.6. The molecule has 2 aliphatic heterocycles. The Morgan fingerprint density at radius 1 is 1.12 bits per heavy atom. The molecule has 3 aromatic rings. The van der Waals surface area contributed by atoms with Crippen molar-refractivity contribution < 1.29 is 27.8 Å². The topological polar surface area (TPSA) is 52.9 Å². The summed E-state index contributed by atoms with van der Waals surface area (Å²) >= 11 is 0. The van der Waals surface area contributed by atoms with E-state index in [1.54, 1.807) is 21.6 Å². The first-order chi connectivity index (χ1) is 16.5. The molecule has 2 fully saturated rings. The predicted octanol–water partition coefficient (Wildman–Crippen LogP) is 4.51. The summed E-state index contributed by atoms with van der Waals surface area (Å²) in [4.78, 5) is 15.4. The zero-order chi connectivity index (χ0) is 23.7. The van der Waals surface area contributed by atoms with E-state index in [0.717, 1.165) is 23.6 Å². The zero-order valence-corrected chi connectivity index (χ0v) is 18.8. The Morgan fingerprint density at radius 3 is 2.62 bits per heavy atom. The maximum Gasteiger partial charge on any atom is 0.270 e. The Morgan fingerprint density at radius 2 is 1.88 bits per heavy atom. The lowest BCUT2D eigenvalue weighted by atomic mass is 10.0. The third kappa shape index (κ3) is 4.19. The average molecular weight is 469 g/mol. The lowest BCUT2D eigenvalue weighted by molar-refractivity contribution is -0.181. The van der Waals surface area contributed by atoms with Crippen molar-refractivity contribution in [3.63, 3.8) is 0 Å². The minimum absolute atomic E-state index is 0.00305. The molecule has 34 heavy (non-hydrogen) atoms. The Hall–Kier alpha value is -3.23. The van der Waals surface area contributed by atoms with Crippen LogP contribution >= 0.6 is 0 Å². The van der Waals surface area contributed by atoms with Gasteiger partial charge in [-0.25, -0.2) is 8.78 Å². The molecular weight excluding hydrogens is 442 g/mol. The lowest BCUT2D eigenvalue weighted by Gasteiger charge is -2.37. The van der Waals surface area contributed by atoms with Crippen LogP contribution in [-0.4, -0.2) is 54.1 Å². The molecule has 0 atom stereocenters. The van der Waals surface area contributed by atoms with E-state index in [0.29, 0.717) is 62.7 Å². The number of carbonyl (C=O) groups excluding carboxylic acids is 1. The van der Waals surface area contributed by atoms with Crippen LogP contribution in [0.4, 0.5) is 8.78 Å². The summed E-state index contributed by atoms with van der Waals surface area (Å²) in [6.45, 7) is 6.08. The van der Waals surface area contributed by atoms with Gasteiger partial charge in [0, 0.05) is 36.9 Å². The summed E-state index contributed by atoms with van der Waals surface area (Å²) in [6.07, 6.45) is 2.82. The second-order valence-electron chi connectivity index (χ2n) is 8.54. The number of nitrogens with zero attached hydrogens (tertiary/aromatic N) is 2. The summed E-state index contributed by atoms with van der Waals surface area (Å²) in [7, 11) is 0. The number of fused-ring (bicyclic) bond motifs is 1. The van der Waals surface area contributed by atoms with Crippen molar-refractivity contribution in [1.29, 1.82) is 0 Å². The maximum atomic E-state index is 14.5. The molecule has 2 aliphatic rings. The molecule has 0 radical (unpaired) electrons. The number of benzene rings is 2. The van der Waals surface area contributed by atoms with Gasteiger partial charge >= 0.3 is 0 Å². The number of rotatable bonds is 6. The third-order valence-electron chi connectivity index (χ3n) is 6.44. The van der Waals surface area contributed by atoms with Gasteiger partial charge in [0.25, 0.3) is 5.91 Å². The first-order valence-electron chi connectivity index (χ1n) is 11.4. The van der Waals surface area contributed by atoms with Crippen molar-refractivity contribution in [2.45, 2.75) is 25.2 Å². The van der Waals surface area contributed by atoms with Crippen LogP contribution in [-0.2, 0) is 16.0 Å². The van der Waals surface area contributed by atoms with Crippen LogP contribution in [0.2, 0.25) is 0 Å². The smallest absolute Gasteiger partial charge is 0.270 e. The Bertz CT molecular complexity index is 1220. The molecule has 3 heterocycles. The molecule has 0 N–H and O–H groups in total. The van der Waals surface area contributed by atoms with Crippen LogP contribution in [0.1, 0.15) is 28.9 Å². The molecule has 0 unspecified atom stereocenters. The molecule has 6 nitrogen and oxygen atoms in total. The number of likely N-dealkylation sites (tertiary alicyclic amines) is 1. The van der Waals surface area contributed by atoms with E-state index < -0.39 is 17.4 Å². The van der Waals surface area contributed by atoms with Crippen molar-refractivity contribution in [1.82, 2.24) is 9.47 Å². The molecule has 1 spiro atoms. The zero-order valence-electron chi connectivity index (χ0n) is 18.8. The number of carbonyl (C=O) groups is 1. The Kier molecular flexibility index (Phi) is 6.10. The second kappa shape index (κ2) is 9.19. The summed E-state index contributed by atoms with van der Waals surface area (Å²) in [5.41, 5.74) is 1.25. The number of amides is 1. The molecule has 0 bridgehead atoms. The number of hydrogen-bond acceptors (Lipinski definition) is 4. The second-order valence-corrected chi connectivity index (χ2v) is 8.54. The molecule has 2 aromatic carbocycles. The van der Waals surface area contributed by atoms with Gasteiger partial charge < -0.3 is 23.7 Å². The van der Waals surface area contributed by atoms with Gasteiger partial charge in [0.15, 0.2) is 5.79 Å². The molecule has 0 aliphatic carbocycles. The fourth-order valence-electron chi connectivity index (χ4n) is 4.71. The Labute approximate surface area is 196 Å². The van der Waals surface area contributed by atoms with Crippen molar-refractivity contribution in [3.8, 4) is 5.75 Å². The van der Waals surface area contributed by atoms with Gasteiger partial charge in [-0.2, -0.15) is 0 Å². The van der Waals surface area contributed by atoms with Gasteiger partial charge in [-0.3, -0.25) is 4.79 Å². The van der Waals surface area contributed by atoms with E-state index in [9.17, 15) is 13.6 Å². The highest BCUT2D eigenvalue weighted by atomic mass is 19.1. The highest BCUT2D eigenvalue weighted by Crippen LogP contribution is 2.34. The van der Waals surface area contributed by atoms with Gasteiger partial charge in [-0.15, -0.1) is 0 Å². The third-order valence-corrected chi connectivity index (χ3v) is 6.44. The highest BCUT2D eigenvalue weighted by Gasteiger charge is 2.41.